The van der Waals surface area contributed by atoms with Gasteiger partial charge in [-0.15, -0.1) is 0 Å². The molecule has 0 radical (unpaired) electrons. The number of benzene rings is 2. The summed E-state index contributed by atoms with van der Waals surface area (Å²) in [5.41, 5.74) is 1.14. The van der Waals surface area contributed by atoms with Crippen molar-refractivity contribution in [3.05, 3.63) is 60.5 Å². The molecule has 6 nitrogen and oxygen atoms in total. The number of rotatable bonds is 7. The molecule has 30 heavy (non-hydrogen) atoms. The Morgan fingerprint density at radius 2 is 1.93 bits per heavy atom. The quantitative estimate of drug-likeness (QED) is 0.241. The van der Waals surface area contributed by atoms with E-state index in [4.69, 9.17) is 9.47 Å². The number of Topliss-reactive ketones (excluding diaryl/α,β-unsaturated/α-hetero) is 1. The Labute approximate surface area is 200 Å². The third kappa shape index (κ3) is 5.06. The van der Waals surface area contributed by atoms with E-state index in [0.717, 1.165) is 24.7 Å². The van der Waals surface area contributed by atoms with Crippen LogP contribution in [0.25, 0.3) is 6.08 Å². The fourth-order valence-corrected chi connectivity index (χ4v) is 4.65. The molecule has 1 heterocycles. The summed E-state index contributed by atoms with van der Waals surface area (Å²) in [5, 5.41) is -0.468. The van der Waals surface area contributed by atoms with Crippen LogP contribution in [0.5, 0.6) is 11.5 Å². The highest BCUT2D eigenvalue weighted by Gasteiger charge is 2.36. The van der Waals surface area contributed by atoms with Crippen LogP contribution < -0.4 is 9.47 Å². The molecule has 1 fully saturated rings. The highest BCUT2D eigenvalue weighted by atomic mass is 127. The molecule has 0 atom stereocenters. The maximum Gasteiger partial charge on any atom is 0.293 e. The Bertz CT molecular complexity index is 1040. The Morgan fingerprint density at radius 1 is 1.23 bits per heavy atom. The van der Waals surface area contributed by atoms with Gasteiger partial charge in [0.2, 0.25) is 0 Å². The summed E-state index contributed by atoms with van der Waals surface area (Å²) in [5.74, 6) is 0.382. The van der Waals surface area contributed by atoms with Crippen LogP contribution in [0, 0.1) is 3.57 Å². The first-order valence-electron chi connectivity index (χ1n) is 8.88. The monoisotopic (exact) mass is 601 g/mol. The lowest BCUT2D eigenvalue weighted by Gasteiger charge is -2.12. The number of ether oxygens (including phenoxy) is 2. The van der Waals surface area contributed by atoms with Crippen molar-refractivity contribution in [2.24, 2.45) is 0 Å². The van der Waals surface area contributed by atoms with Crippen LogP contribution in [0.3, 0.4) is 0 Å². The number of ketones is 1. The number of carbonyl (C=O) groups is 3. The van der Waals surface area contributed by atoms with Crippen molar-refractivity contribution in [1.82, 2.24) is 4.90 Å². The molecule has 1 aliphatic rings. The summed E-state index contributed by atoms with van der Waals surface area (Å²) < 4.78 is 12.7. The topological polar surface area (TPSA) is 72.9 Å². The molecular weight excluding hydrogens is 585 g/mol. The Balaban J connectivity index is 1.82. The smallest absolute Gasteiger partial charge is 0.293 e. The molecule has 0 spiro atoms. The molecule has 0 saturated carbocycles. The molecule has 2 aromatic rings. The van der Waals surface area contributed by atoms with Crippen molar-refractivity contribution in [3.63, 3.8) is 0 Å². The summed E-state index contributed by atoms with van der Waals surface area (Å²) in [6, 6.07) is 10.4. The van der Waals surface area contributed by atoms with E-state index >= 15 is 0 Å². The lowest BCUT2D eigenvalue weighted by atomic mass is 10.1. The molecule has 0 bridgehead atoms. The van der Waals surface area contributed by atoms with Crippen molar-refractivity contribution in [2.75, 3.05) is 20.3 Å². The van der Waals surface area contributed by atoms with E-state index in [9.17, 15) is 14.4 Å². The van der Waals surface area contributed by atoms with Crippen molar-refractivity contribution < 1.29 is 23.9 Å². The van der Waals surface area contributed by atoms with Gasteiger partial charge in [0, 0.05) is 10.0 Å². The van der Waals surface area contributed by atoms with Gasteiger partial charge in [-0.2, -0.15) is 0 Å². The molecule has 3 rings (SSSR count). The van der Waals surface area contributed by atoms with Crippen molar-refractivity contribution in [1.29, 1.82) is 0 Å². The van der Waals surface area contributed by atoms with Gasteiger partial charge in [0.1, 0.15) is 0 Å². The van der Waals surface area contributed by atoms with Gasteiger partial charge in [-0.25, -0.2) is 0 Å². The second kappa shape index (κ2) is 9.97. The Kier molecular flexibility index (Phi) is 7.59. The fraction of sp³-hybridized carbons (Fsp3) is 0.190. The molecule has 2 aromatic carbocycles. The number of imide groups is 1. The van der Waals surface area contributed by atoms with E-state index in [0.29, 0.717) is 29.2 Å². The van der Waals surface area contributed by atoms with Crippen LogP contribution in [0.4, 0.5) is 4.79 Å². The van der Waals surface area contributed by atoms with Crippen molar-refractivity contribution in [3.8, 4) is 11.5 Å². The Morgan fingerprint density at radius 3 is 2.57 bits per heavy atom. The van der Waals surface area contributed by atoms with Gasteiger partial charge in [0.15, 0.2) is 17.3 Å². The van der Waals surface area contributed by atoms with E-state index < -0.39 is 11.1 Å². The molecule has 0 unspecified atom stereocenters. The molecule has 9 heteroatoms. The predicted molar refractivity (Wildman–Crippen MR) is 128 cm³/mol. The number of halogens is 2. The van der Waals surface area contributed by atoms with Crippen LogP contribution in [0.2, 0.25) is 0 Å². The lowest BCUT2D eigenvalue weighted by Crippen LogP contribution is -2.33. The summed E-state index contributed by atoms with van der Waals surface area (Å²) in [6.07, 6.45) is 1.62. The summed E-state index contributed by atoms with van der Waals surface area (Å²) in [6.45, 7) is 2.08. The summed E-state index contributed by atoms with van der Waals surface area (Å²) in [7, 11) is 1.54. The average molecular weight is 602 g/mol. The minimum atomic E-state index is -0.488. The fourth-order valence-electron chi connectivity index (χ4n) is 2.77. The number of methoxy groups -OCH3 is 1. The molecule has 0 aromatic heterocycles. The van der Waals surface area contributed by atoms with Crippen LogP contribution in [-0.4, -0.2) is 42.1 Å². The minimum absolute atomic E-state index is 0.255. The van der Waals surface area contributed by atoms with Gasteiger partial charge in [0.05, 0.1) is 28.7 Å². The zero-order chi connectivity index (χ0) is 21.8. The van der Waals surface area contributed by atoms with Gasteiger partial charge in [-0.1, -0.05) is 28.1 Å². The van der Waals surface area contributed by atoms with Crippen LogP contribution >= 0.6 is 50.3 Å². The summed E-state index contributed by atoms with van der Waals surface area (Å²) in [4.78, 5) is 38.8. The van der Waals surface area contributed by atoms with Gasteiger partial charge >= 0.3 is 0 Å². The summed E-state index contributed by atoms with van der Waals surface area (Å²) >= 11 is 6.26. The van der Waals surface area contributed by atoms with E-state index in [-0.39, 0.29) is 17.2 Å². The average Bonchev–Trinajstić information content (AvgIpc) is 2.97. The van der Waals surface area contributed by atoms with E-state index in [1.165, 1.54) is 0 Å². The lowest BCUT2D eigenvalue weighted by molar-refractivity contribution is -0.122. The Hall–Kier alpha value is -1.85. The third-order valence-electron chi connectivity index (χ3n) is 4.18. The second-order valence-electron chi connectivity index (χ2n) is 6.17. The number of amides is 2. The zero-order valence-electron chi connectivity index (χ0n) is 16.1. The first kappa shape index (κ1) is 22.8. The van der Waals surface area contributed by atoms with Crippen LogP contribution in [0.1, 0.15) is 22.8 Å². The maximum absolute atomic E-state index is 12.7. The third-order valence-corrected chi connectivity index (χ3v) is 6.42. The predicted octanol–water partition coefficient (Wildman–Crippen LogP) is 5.38. The SMILES string of the molecule is CCOc1c(I)cc(/C=C2/SC(=O)N(CC(=O)c3ccc(Br)cc3)C2=O)cc1OC. The largest absolute Gasteiger partial charge is 0.493 e. The van der Waals surface area contributed by atoms with E-state index in [1.54, 1.807) is 43.5 Å². The van der Waals surface area contributed by atoms with Gasteiger partial charge in [0.25, 0.3) is 11.1 Å². The van der Waals surface area contributed by atoms with Gasteiger partial charge in [-0.05, 0) is 77.2 Å². The van der Waals surface area contributed by atoms with Crippen molar-refractivity contribution in [2.45, 2.75) is 6.92 Å². The molecule has 2 amide bonds. The highest BCUT2D eigenvalue weighted by molar-refractivity contribution is 14.1. The van der Waals surface area contributed by atoms with Crippen LogP contribution in [-0.2, 0) is 4.79 Å². The zero-order valence-corrected chi connectivity index (χ0v) is 20.7. The first-order valence-corrected chi connectivity index (χ1v) is 11.6. The number of carbonyl (C=O) groups excluding carboxylic acids is 3. The standard InChI is InChI=1S/C21H17BrINO5S/c1-3-29-19-15(23)8-12(9-17(19)28-2)10-18-20(26)24(21(27)30-18)11-16(25)13-4-6-14(22)7-5-13/h4-10H,3,11H2,1-2H3/b18-10+. The molecule has 0 aliphatic carbocycles. The molecule has 156 valence electrons. The molecular formula is C21H17BrINO5S. The number of thioether (sulfide) groups is 1. The highest BCUT2D eigenvalue weighted by Crippen LogP contribution is 2.37. The number of hydrogen-bond donors (Lipinski definition) is 0. The number of nitrogens with zero attached hydrogens (tertiary/aromatic N) is 1. The van der Waals surface area contributed by atoms with Crippen molar-refractivity contribution >= 4 is 73.3 Å². The molecule has 1 aliphatic heterocycles. The minimum Gasteiger partial charge on any atom is -0.493 e. The number of hydrogen-bond acceptors (Lipinski definition) is 6. The normalized spacial score (nSPS) is 15.1. The first-order chi connectivity index (χ1) is 14.3. The van der Waals surface area contributed by atoms with Crippen LogP contribution in [0.15, 0.2) is 45.8 Å². The van der Waals surface area contributed by atoms with E-state index in [2.05, 4.69) is 38.5 Å². The van der Waals surface area contributed by atoms with Gasteiger partial charge < -0.3 is 9.47 Å². The molecule has 1 saturated heterocycles. The maximum atomic E-state index is 12.7. The van der Waals surface area contributed by atoms with Gasteiger partial charge in [-0.3, -0.25) is 19.3 Å². The molecule has 0 N–H and O–H groups in total. The second-order valence-corrected chi connectivity index (χ2v) is 9.24. The van der Waals surface area contributed by atoms with E-state index in [1.807, 2.05) is 13.0 Å².